The van der Waals surface area contributed by atoms with Gasteiger partial charge >= 0.3 is 11.9 Å². The minimum absolute atomic E-state index is 0.0603. The fourth-order valence-electron chi connectivity index (χ4n) is 1.70. The standard InChI is InChI=1S/C13H13Cl6N3O4/c1-3-25-8(23)6(9(24)26-4-2)5-7-20-10(12(14,15)16)22-11(21-7)13(17,18)19/h6H,3-5H2,1-2H3. The van der Waals surface area contributed by atoms with E-state index in [0.717, 1.165) is 0 Å². The molecule has 0 radical (unpaired) electrons. The van der Waals surface area contributed by atoms with Crippen LogP contribution in [0.2, 0.25) is 0 Å². The lowest BCUT2D eigenvalue weighted by Crippen LogP contribution is -2.31. The van der Waals surface area contributed by atoms with Crippen LogP contribution in [0.1, 0.15) is 31.3 Å². The molecule has 0 fully saturated rings. The summed E-state index contributed by atoms with van der Waals surface area (Å²) in [7, 11) is 0. The highest BCUT2D eigenvalue weighted by Crippen LogP contribution is 2.40. The van der Waals surface area contributed by atoms with Crippen molar-refractivity contribution in [1.29, 1.82) is 0 Å². The van der Waals surface area contributed by atoms with Gasteiger partial charge in [0.15, 0.2) is 17.6 Å². The van der Waals surface area contributed by atoms with Crippen molar-refractivity contribution < 1.29 is 19.1 Å². The number of hydrogen-bond acceptors (Lipinski definition) is 7. The molecule has 0 aromatic carbocycles. The maximum atomic E-state index is 12.1. The number of halogens is 6. The van der Waals surface area contributed by atoms with E-state index in [-0.39, 0.29) is 37.1 Å². The molecule has 0 spiro atoms. The van der Waals surface area contributed by atoms with Crippen LogP contribution in [0.4, 0.5) is 0 Å². The predicted octanol–water partition coefficient (Wildman–Crippen LogP) is 3.81. The van der Waals surface area contributed by atoms with E-state index in [0.29, 0.717) is 0 Å². The molecule has 1 aromatic heterocycles. The maximum absolute atomic E-state index is 12.1. The molecular formula is C13H13Cl6N3O4. The van der Waals surface area contributed by atoms with Crippen molar-refractivity contribution in [3.63, 3.8) is 0 Å². The number of hydrogen-bond donors (Lipinski definition) is 0. The zero-order valence-corrected chi connectivity index (χ0v) is 18.0. The van der Waals surface area contributed by atoms with Crippen molar-refractivity contribution in [2.24, 2.45) is 5.92 Å². The average Bonchev–Trinajstić information content (AvgIpc) is 2.51. The highest BCUT2D eigenvalue weighted by atomic mass is 35.6. The summed E-state index contributed by atoms with van der Waals surface area (Å²) < 4.78 is 5.64. The SMILES string of the molecule is CCOC(=O)C(Cc1nc(C(Cl)(Cl)Cl)nc(C(Cl)(Cl)Cl)n1)C(=O)OCC. The molecule has 13 heteroatoms. The summed E-state index contributed by atoms with van der Waals surface area (Å²) in [5.41, 5.74) is 0. The molecule has 0 atom stereocenters. The molecule has 0 saturated carbocycles. The van der Waals surface area contributed by atoms with Crippen molar-refractivity contribution in [3.8, 4) is 0 Å². The molecule has 0 aliphatic carbocycles. The topological polar surface area (TPSA) is 91.3 Å². The van der Waals surface area contributed by atoms with Crippen LogP contribution in [0, 0.1) is 5.92 Å². The Hall–Kier alpha value is -0.310. The molecule has 26 heavy (non-hydrogen) atoms. The van der Waals surface area contributed by atoms with E-state index >= 15 is 0 Å². The van der Waals surface area contributed by atoms with Gasteiger partial charge in [0.05, 0.1) is 13.2 Å². The highest BCUT2D eigenvalue weighted by molar-refractivity contribution is 6.67. The number of rotatable bonds is 6. The first-order valence-corrected chi connectivity index (χ1v) is 9.39. The Morgan fingerprint density at radius 2 is 1.23 bits per heavy atom. The van der Waals surface area contributed by atoms with Gasteiger partial charge in [-0.1, -0.05) is 69.6 Å². The largest absolute Gasteiger partial charge is 0.465 e. The third kappa shape index (κ3) is 7.02. The Bertz CT molecular complexity index is 612. The molecule has 1 heterocycles. The minimum atomic E-state index is -2.05. The Balaban J connectivity index is 3.33. The molecule has 0 amide bonds. The van der Waals surface area contributed by atoms with Crippen molar-refractivity contribution in [2.45, 2.75) is 27.9 Å². The van der Waals surface area contributed by atoms with Crippen LogP contribution >= 0.6 is 69.6 Å². The smallest absolute Gasteiger partial charge is 0.320 e. The van der Waals surface area contributed by atoms with Crippen LogP contribution in [-0.2, 0) is 33.1 Å². The summed E-state index contributed by atoms with van der Waals surface area (Å²) in [6.45, 7) is 3.30. The molecule has 0 N–H and O–H groups in total. The molecule has 146 valence electrons. The Kier molecular flexibility index (Phi) is 8.90. The van der Waals surface area contributed by atoms with E-state index in [1.165, 1.54) is 0 Å². The van der Waals surface area contributed by atoms with Gasteiger partial charge in [-0.3, -0.25) is 9.59 Å². The van der Waals surface area contributed by atoms with Gasteiger partial charge in [-0.2, -0.15) is 0 Å². The van der Waals surface area contributed by atoms with E-state index in [4.69, 9.17) is 79.1 Å². The second-order valence-corrected chi connectivity index (χ2v) is 9.22. The molecule has 0 aliphatic rings. The Morgan fingerprint density at radius 1 is 0.846 bits per heavy atom. The van der Waals surface area contributed by atoms with Gasteiger partial charge in [-0.05, 0) is 13.8 Å². The van der Waals surface area contributed by atoms with Gasteiger partial charge in [0.25, 0.3) is 0 Å². The highest BCUT2D eigenvalue weighted by Gasteiger charge is 2.36. The average molecular weight is 488 g/mol. The van der Waals surface area contributed by atoms with E-state index in [2.05, 4.69) is 15.0 Å². The Morgan fingerprint density at radius 3 is 1.54 bits per heavy atom. The number of ether oxygens (including phenoxy) is 2. The number of carbonyl (C=O) groups excluding carboxylic acids is 2. The third-order valence-electron chi connectivity index (χ3n) is 2.72. The fraction of sp³-hybridized carbons (Fsp3) is 0.615. The summed E-state index contributed by atoms with van der Waals surface area (Å²) in [6.07, 6.45) is -0.332. The molecule has 0 saturated heterocycles. The van der Waals surface area contributed by atoms with Gasteiger partial charge in [-0.15, -0.1) is 0 Å². The zero-order chi connectivity index (χ0) is 20.1. The summed E-state index contributed by atoms with van der Waals surface area (Å²) in [6, 6.07) is 0. The number of esters is 2. The van der Waals surface area contributed by atoms with Crippen LogP contribution in [0.25, 0.3) is 0 Å². The number of alkyl halides is 6. The number of aromatic nitrogens is 3. The second kappa shape index (κ2) is 9.75. The summed E-state index contributed by atoms with van der Waals surface area (Å²) in [5, 5.41) is 0. The number of nitrogens with zero attached hydrogens (tertiary/aromatic N) is 3. The summed E-state index contributed by atoms with van der Waals surface area (Å²) in [5.74, 6) is -3.77. The van der Waals surface area contributed by atoms with Gasteiger partial charge < -0.3 is 9.47 Å². The first-order chi connectivity index (χ1) is 11.9. The summed E-state index contributed by atoms with van der Waals surface area (Å²) >= 11 is 34.7. The van der Waals surface area contributed by atoms with Gasteiger partial charge in [0, 0.05) is 6.42 Å². The molecule has 7 nitrogen and oxygen atoms in total. The van der Waals surface area contributed by atoms with Gasteiger partial charge in [0.2, 0.25) is 7.59 Å². The van der Waals surface area contributed by atoms with Crippen LogP contribution in [-0.4, -0.2) is 40.1 Å². The van der Waals surface area contributed by atoms with E-state index in [1.807, 2.05) is 0 Å². The molecule has 1 rings (SSSR count). The van der Waals surface area contributed by atoms with Gasteiger partial charge in [-0.25, -0.2) is 15.0 Å². The second-order valence-electron chi connectivity index (χ2n) is 4.66. The van der Waals surface area contributed by atoms with Crippen LogP contribution in [0.15, 0.2) is 0 Å². The van der Waals surface area contributed by atoms with E-state index in [9.17, 15) is 9.59 Å². The summed E-state index contributed by atoms with van der Waals surface area (Å²) in [4.78, 5) is 35.8. The van der Waals surface area contributed by atoms with E-state index in [1.54, 1.807) is 13.8 Å². The minimum Gasteiger partial charge on any atom is -0.465 e. The molecule has 0 bridgehead atoms. The third-order valence-corrected chi connectivity index (χ3v) is 3.73. The monoisotopic (exact) mass is 485 g/mol. The van der Waals surface area contributed by atoms with Crippen LogP contribution < -0.4 is 0 Å². The van der Waals surface area contributed by atoms with Crippen LogP contribution in [0.5, 0.6) is 0 Å². The number of carbonyl (C=O) groups is 2. The lowest BCUT2D eigenvalue weighted by atomic mass is 10.1. The van der Waals surface area contributed by atoms with E-state index < -0.39 is 25.4 Å². The van der Waals surface area contributed by atoms with Crippen molar-refractivity contribution in [2.75, 3.05) is 13.2 Å². The van der Waals surface area contributed by atoms with Crippen molar-refractivity contribution in [1.82, 2.24) is 15.0 Å². The van der Waals surface area contributed by atoms with Crippen molar-refractivity contribution in [3.05, 3.63) is 17.5 Å². The lowest BCUT2D eigenvalue weighted by Gasteiger charge is -2.17. The zero-order valence-electron chi connectivity index (χ0n) is 13.4. The maximum Gasteiger partial charge on any atom is 0.320 e. The molecule has 1 aromatic rings. The van der Waals surface area contributed by atoms with Gasteiger partial charge in [0.1, 0.15) is 5.82 Å². The molecular weight excluding hydrogens is 475 g/mol. The normalized spacial score (nSPS) is 12.2. The first-order valence-electron chi connectivity index (χ1n) is 7.12. The Labute approximate surface area is 179 Å². The lowest BCUT2D eigenvalue weighted by molar-refractivity contribution is -0.161. The molecule has 0 aliphatic heterocycles. The predicted molar refractivity (Wildman–Crippen MR) is 98.8 cm³/mol. The first kappa shape index (κ1) is 23.7. The quantitative estimate of drug-likeness (QED) is 0.342. The molecule has 0 unspecified atom stereocenters. The van der Waals surface area contributed by atoms with Crippen LogP contribution in [0.3, 0.4) is 0 Å². The fourth-order valence-corrected chi connectivity index (χ4v) is 2.20. The van der Waals surface area contributed by atoms with Crippen molar-refractivity contribution >= 4 is 81.5 Å².